The molecule has 0 heterocycles. The van der Waals surface area contributed by atoms with Gasteiger partial charge in [-0.2, -0.15) is 0 Å². The molecule has 30 heavy (non-hydrogen) atoms. The first kappa shape index (κ1) is 23.2. The van der Waals surface area contributed by atoms with Gasteiger partial charge in [0.05, 0.1) is 0 Å². The summed E-state index contributed by atoms with van der Waals surface area (Å²) in [6, 6.07) is 15.5. The van der Waals surface area contributed by atoms with E-state index in [1.807, 2.05) is 68.5 Å². The van der Waals surface area contributed by atoms with Crippen molar-refractivity contribution in [2.24, 2.45) is 0 Å². The van der Waals surface area contributed by atoms with Crippen LogP contribution in [0.4, 0.5) is 11.4 Å². The highest BCUT2D eigenvalue weighted by atomic mass is 16.2. The Balaban J connectivity index is 1.71. The standard InChI is InChI=1S/C26H32N2O2/c1-4-20(2)14-17-22-10-8-9-11-24(22)28-26(30)13-7-5-6-12-25(29)27-23-18-15-21(3)16-19-23/h8-11,15-19H,4-7,12-13H2,1-3H3,(H,27,29)(H,28,30). The molecule has 0 radical (unpaired) electrons. The Hall–Kier alpha value is -3.10. The first-order valence-corrected chi connectivity index (χ1v) is 10.7. The topological polar surface area (TPSA) is 58.2 Å². The third kappa shape index (κ3) is 8.50. The number of unbranched alkanes of at least 4 members (excludes halogenated alkanes) is 2. The molecule has 0 aliphatic rings. The van der Waals surface area contributed by atoms with Gasteiger partial charge in [0.1, 0.15) is 0 Å². The van der Waals surface area contributed by atoms with Gasteiger partial charge in [-0.05, 0) is 63.0 Å². The van der Waals surface area contributed by atoms with E-state index in [-0.39, 0.29) is 11.8 Å². The zero-order valence-corrected chi connectivity index (χ0v) is 18.3. The van der Waals surface area contributed by atoms with Gasteiger partial charge in [0.2, 0.25) is 11.8 Å². The Morgan fingerprint density at radius 2 is 1.53 bits per heavy atom. The second-order valence-corrected chi connectivity index (χ2v) is 7.53. The lowest BCUT2D eigenvalue weighted by Crippen LogP contribution is -2.12. The molecule has 0 fully saturated rings. The monoisotopic (exact) mass is 404 g/mol. The van der Waals surface area contributed by atoms with Crippen molar-refractivity contribution < 1.29 is 9.59 Å². The van der Waals surface area contributed by atoms with E-state index in [2.05, 4.69) is 23.3 Å². The summed E-state index contributed by atoms with van der Waals surface area (Å²) in [5.74, 6) is 0.00981. The molecule has 2 amide bonds. The first-order chi connectivity index (χ1) is 14.5. The van der Waals surface area contributed by atoms with E-state index < -0.39 is 0 Å². The molecular weight excluding hydrogens is 372 g/mol. The lowest BCUT2D eigenvalue weighted by Gasteiger charge is -2.08. The molecule has 0 bridgehead atoms. The van der Waals surface area contributed by atoms with Crippen LogP contribution in [0, 0.1) is 6.92 Å². The van der Waals surface area contributed by atoms with Crippen LogP contribution in [0.2, 0.25) is 0 Å². The smallest absolute Gasteiger partial charge is 0.224 e. The molecule has 0 spiro atoms. The molecule has 2 aromatic carbocycles. The van der Waals surface area contributed by atoms with Gasteiger partial charge in [-0.15, -0.1) is 5.73 Å². The van der Waals surface area contributed by atoms with Crippen LogP contribution in [0.3, 0.4) is 0 Å². The molecule has 0 saturated carbocycles. The van der Waals surface area contributed by atoms with Gasteiger partial charge in [0.25, 0.3) is 0 Å². The molecule has 0 unspecified atom stereocenters. The fraction of sp³-hybridized carbons (Fsp3) is 0.346. The lowest BCUT2D eigenvalue weighted by atomic mass is 10.1. The third-order valence-corrected chi connectivity index (χ3v) is 4.88. The summed E-state index contributed by atoms with van der Waals surface area (Å²) >= 11 is 0. The van der Waals surface area contributed by atoms with Crippen LogP contribution < -0.4 is 10.6 Å². The van der Waals surface area contributed by atoms with Gasteiger partial charge in [-0.1, -0.05) is 49.2 Å². The SMILES string of the molecule is CCC(C)=C=Cc1ccccc1NC(=O)CCCCCC(=O)Nc1ccc(C)cc1. The number of benzene rings is 2. The number of hydrogen-bond donors (Lipinski definition) is 2. The van der Waals surface area contributed by atoms with Crippen molar-refractivity contribution in [1.82, 2.24) is 0 Å². The van der Waals surface area contributed by atoms with Gasteiger partial charge in [-0.3, -0.25) is 9.59 Å². The molecule has 0 aliphatic carbocycles. The van der Waals surface area contributed by atoms with Crippen LogP contribution >= 0.6 is 0 Å². The molecule has 2 rings (SSSR count). The van der Waals surface area contributed by atoms with Crippen LogP contribution in [-0.2, 0) is 9.59 Å². The van der Waals surface area contributed by atoms with Gasteiger partial charge < -0.3 is 10.6 Å². The van der Waals surface area contributed by atoms with Crippen molar-refractivity contribution >= 4 is 29.3 Å². The molecule has 4 nitrogen and oxygen atoms in total. The number of allylic oxidation sites excluding steroid dienone is 1. The average Bonchev–Trinajstić information content (AvgIpc) is 2.74. The maximum Gasteiger partial charge on any atom is 0.224 e. The predicted octanol–water partition coefficient (Wildman–Crippen LogP) is 6.49. The minimum absolute atomic E-state index is 0.00356. The maximum atomic E-state index is 12.3. The zero-order valence-electron chi connectivity index (χ0n) is 18.3. The summed E-state index contributed by atoms with van der Waals surface area (Å²) in [6.45, 7) is 6.15. The fourth-order valence-electron chi connectivity index (χ4n) is 2.86. The van der Waals surface area contributed by atoms with E-state index in [4.69, 9.17) is 0 Å². The van der Waals surface area contributed by atoms with Crippen LogP contribution in [0.5, 0.6) is 0 Å². The largest absolute Gasteiger partial charge is 0.326 e. The molecular formula is C26H32N2O2. The van der Waals surface area contributed by atoms with E-state index in [0.717, 1.165) is 48.2 Å². The zero-order chi connectivity index (χ0) is 21.8. The van der Waals surface area contributed by atoms with Crippen molar-refractivity contribution in [3.05, 3.63) is 71.0 Å². The highest BCUT2D eigenvalue weighted by Crippen LogP contribution is 2.18. The Labute approximate surface area is 180 Å². The summed E-state index contributed by atoms with van der Waals surface area (Å²) < 4.78 is 0. The average molecular weight is 405 g/mol. The second-order valence-electron chi connectivity index (χ2n) is 7.53. The predicted molar refractivity (Wildman–Crippen MR) is 125 cm³/mol. The van der Waals surface area contributed by atoms with E-state index in [1.165, 1.54) is 5.57 Å². The van der Waals surface area contributed by atoms with Gasteiger partial charge in [0, 0.05) is 29.8 Å². The van der Waals surface area contributed by atoms with E-state index in [9.17, 15) is 9.59 Å². The van der Waals surface area contributed by atoms with Gasteiger partial charge in [0.15, 0.2) is 0 Å². The quantitative estimate of drug-likeness (QED) is 0.351. The lowest BCUT2D eigenvalue weighted by molar-refractivity contribution is -0.116. The summed E-state index contributed by atoms with van der Waals surface area (Å²) in [5.41, 5.74) is 8.16. The summed E-state index contributed by atoms with van der Waals surface area (Å²) in [6.07, 6.45) is 6.15. The number of amides is 2. The molecule has 2 N–H and O–H groups in total. The Bertz CT molecular complexity index is 907. The second kappa shape index (κ2) is 12.5. The molecule has 4 heteroatoms. The minimum atomic E-state index is -0.00356. The van der Waals surface area contributed by atoms with E-state index in [1.54, 1.807) is 0 Å². The number of aryl methyl sites for hydroxylation is 1. The summed E-state index contributed by atoms with van der Waals surface area (Å²) in [4.78, 5) is 24.3. The molecule has 158 valence electrons. The van der Waals surface area contributed by atoms with Crippen molar-refractivity contribution in [3.63, 3.8) is 0 Å². The molecule has 0 atom stereocenters. The Kier molecular flexibility index (Phi) is 9.63. The number of carbonyl (C=O) groups excluding carboxylic acids is 2. The number of carbonyl (C=O) groups is 2. The number of para-hydroxylation sites is 1. The first-order valence-electron chi connectivity index (χ1n) is 10.7. The van der Waals surface area contributed by atoms with Crippen LogP contribution in [0.1, 0.15) is 63.5 Å². The number of nitrogens with one attached hydrogen (secondary N) is 2. The van der Waals surface area contributed by atoms with E-state index in [0.29, 0.717) is 12.8 Å². The van der Waals surface area contributed by atoms with Gasteiger partial charge >= 0.3 is 0 Å². The Morgan fingerprint density at radius 3 is 2.20 bits per heavy atom. The highest BCUT2D eigenvalue weighted by Gasteiger charge is 2.06. The maximum absolute atomic E-state index is 12.3. The number of anilines is 2. The molecule has 2 aromatic rings. The Morgan fingerprint density at radius 1 is 0.900 bits per heavy atom. The molecule has 0 saturated heterocycles. The van der Waals surface area contributed by atoms with Crippen LogP contribution in [0.25, 0.3) is 6.08 Å². The fourth-order valence-corrected chi connectivity index (χ4v) is 2.86. The number of hydrogen-bond acceptors (Lipinski definition) is 2. The van der Waals surface area contributed by atoms with E-state index >= 15 is 0 Å². The van der Waals surface area contributed by atoms with Crippen LogP contribution in [-0.4, -0.2) is 11.8 Å². The normalized spacial score (nSPS) is 10.1. The third-order valence-electron chi connectivity index (χ3n) is 4.88. The minimum Gasteiger partial charge on any atom is -0.326 e. The molecule has 0 aliphatic heterocycles. The van der Waals surface area contributed by atoms with Crippen molar-refractivity contribution in [3.8, 4) is 0 Å². The summed E-state index contributed by atoms with van der Waals surface area (Å²) in [5, 5.41) is 5.89. The van der Waals surface area contributed by atoms with Crippen molar-refractivity contribution in [1.29, 1.82) is 0 Å². The van der Waals surface area contributed by atoms with Crippen molar-refractivity contribution in [2.45, 2.75) is 59.3 Å². The highest BCUT2D eigenvalue weighted by molar-refractivity contribution is 5.93. The number of rotatable bonds is 10. The van der Waals surface area contributed by atoms with Gasteiger partial charge in [-0.25, -0.2) is 0 Å². The van der Waals surface area contributed by atoms with Crippen molar-refractivity contribution in [2.75, 3.05) is 10.6 Å². The van der Waals surface area contributed by atoms with Crippen LogP contribution in [0.15, 0.2) is 59.8 Å². The summed E-state index contributed by atoms with van der Waals surface area (Å²) in [7, 11) is 0. The molecule has 0 aromatic heterocycles.